The fourth-order valence-electron chi connectivity index (χ4n) is 5.40. The van der Waals surface area contributed by atoms with E-state index in [0.717, 1.165) is 0 Å². The first-order valence-corrected chi connectivity index (χ1v) is 16.4. The van der Waals surface area contributed by atoms with E-state index >= 15 is 8.78 Å². The first-order chi connectivity index (χ1) is 23.2. The summed E-state index contributed by atoms with van der Waals surface area (Å²) >= 11 is 0. The van der Waals surface area contributed by atoms with Crippen molar-refractivity contribution >= 4 is 50.5 Å². The maximum Gasteiger partial charge on any atom is 0.695 e. The fourth-order valence-corrected chi connectivity index (χ4v) is 6.32. The molecule has 4 aromatic heterocycles. The third kappa shape index (κ3) is 6.72. The summed E-state index contributed by atoms with van der Waals surface area (Å²) in [5.41, 5.74) is 1.02. The van der Waals surface area contributed by atoms with E-state index in [1.165, 1.54) is 34.4 Å². The first-order valence-electron chi connectivity index (χ1n) is 14.2. The molecule has 6 N–H and O–H groups in total. The average Bonchev–Trinajstić information content (AvgIpc) is 3.83. The van der Waals surface area contributed by atoms with E-state index in [2.05, 4.69) is 40.5 Å². The summed E-state index contributed by atoms with van der Waals surface area (Å²) in [6, 6.07) is 0. The lowest BCUT2D eigenvalue weighted by Gasteiger charge is -2.15. The second-order valence-corrected chi connectivity index (χ2v) is 11.7. The zero-order chi connectivity index (χ0) is 33.9. The molecule has 2 aliphatic rings. The zero-order valence-electron chi connectivity index (χ0n) is 24.4. The van der Waals surface area contributed by atoms with Crippen molar-refractivity contribution < 1.29 is 56.4 Å². The van der Waals surface area contributed by atoms with Gasteiger partial charge in [0.15, 0.2) is 71.0 Å². The van der Waals surface area contributed by atoms with E-state index in [1.54, 1.807) is 12.2 Å². The number of aromatic nitrogens is 8. The highest BCUT2D eigenvalue weighted by Gasteiger charge is 2.52. The van der Waals surface area contributed by atoms with E-state index in [1.807, 2.05) is 0 Å². The maximum atomic E-state index is 15.2. The van der Waals surface area contributed by atoms with Gasteiger partial charge < -0.3 is 30.3 Å². The molecule has 2 fully saturated rings. The largest absolute Gasteiger partial charge is 0.695 e. The highest BCUT2D eigenvalue weighted by molar-refractivity contribution is 7.32. The maximum absolute atomic E-state index is 15.2. The lowest BCUT2D eigenvalue weighted by atomic mass is 10.1. The molecule has 0 amide bonds. The summed E-state index contributed by atoms with van der Waals surface area (Å²) in [6.45, 7) is -0.699. The molecule has 0 spiro atoms. The summed E-state index contributed by atoms with van der Waals surface area (Å²) in [6.07, 6.45) is -3.18. The average molecular weight is 716 g/mol. The van der Waals surface area contributed by atoms with Gasteiger partial charge in [-0.05, 0) is 0 Å². The van der Waals surface area contributed by atoms with E-state index in [4.69, 9.17) is 28.3 Å². The molecule has 10 atom stereocenters. The van der Waals surface area contributed by atoms with Gasteiger partial charge >= 0.3 is 16.5 Å². The molecule has 24 heteroatoms. The number of nitrogens with one attached hydrogen (secondary N) is 2. The number of imidazole rings is 2. The van der Waals surface area contributed by atoms with Crippen molar-refractivity contribution in [2.75, 3.05) is 36.9 Å². The van der Waals surface area contributed by atoms with Gasteiger partial charge in [0.2, 0.25) is 0 Å². The number of aliphatic hydroxyl groups excluding tert-OH is 2. The zero-order valence-corrected chi connectivity index (χ0v) is 26.2. The molecule has 0 saturated carbocycles. The molecule has 2 aliphatic heterocycles. The van der Waals surface area contributed by atoms with Gasteiger partial charge in [-0.1, -0.05) is 12.2 Å². The Bertz CT molecular complexity index is 1690. The SMILES string of the molecule is O=[P+](O)O[C@@H]1C(CO)O[C@@H](n2cnc3c(NC/C=C/CNc4ncnc5c4ncn5[C@@H]4OC(CO)[C@@H](O[P+](=O)O)[C@H]4F)ncnc32)[C@@H]1F. The van der Waals surface area contributed by atoms with Crippen molar-refractivity contribution in [2.45, 2.75) is 49.2 Å². The second-order valence-electron chi connectivity index (χ2n) is 10.3. The van der Waals surface area contributed by atoms with E-state index in [0.29, 0.717) is 22.7 Å². The minimum atomic E-state index is -3.13. The van der Waals surface area contributed by atoms with Crippen molar-refractivity contribution in [1.29, 1.82) is 0 Å². The Balaban J connectivity index is 1.07. The Morgan fingerprint density at radius 2 is 1.17 bits per heavy atom. The summed E-state index contributed by atoms with van der Waals surface area (Å²) in [5.74, 6) is 0.667. The number of halogens is 2. The summed E-state index contributed by atoms with van der Waals surface area (Å²) in [5, 5.41) is 25.2. The number of alkyl halides is 2. The number of hydrogen-bond donors (Lipinski definition) is 6. The van der Waals surface area contributed by atoms with Crippen LogP contribution in [0.3, 0.4) is 0 Å². The van der Waals surface area contributed by atoms with Gasteiger partial charge in [0.25, 0.3) is 0 Å². The van der Waals surface area contributed by atoms with Crippen LogP contribution in [0.25, 0.3) is 22.3 Å². The minimum Gasteiger partial charge on any atom is -0.394 e. The third-order valence-corrected chi connectivity index (χ3v) is 8.37. The topological polar surface area (TPSA) is 263 Å². The number of anilines is 2. The van der Waals surface area contributed by atoms with Gasteiger partial charge in [-0.25, -0.2) is 38.7 Å². The molecule has 2 saturated heterocycles. The van der Waals surface area contributed by atoms with Crippen LogP contribution in [-0.2, 0) is 27.7 Å². The molecule has 0 aliphatic carbocycles. The van der Waals surface area contributed by atoms with Crippen molar-refractivity contribution in [2.24, 2.45) is 0 Å². The van der Waals surface area contributed by atoms with Crippen LogP contribution in [-0.4, -0.2) is 122 Å². The summed E-state index contributed by atoms with van der Waals surface area (Å²) < 4.78 is 75.7. The molecule has 6 heterocycles. The molecule has 4 unspecified atom stereocenters. The monoisotopic (exact) mass is 716 g/mol. The van der Waals surface area contributed by atoms with Crippen molar-refractivity contribution in [1.82, 2.24) is 39.0 Å². The Kier molecular flexibility index (Phi) is 10.5. The lowest BCUT2D eigenvalue weighted by molar-refractivity contribution is -0.0436. The van der Waals surface area contributed by atoms with Gasteiger partial charge in [0, 0.05) is 22.2 Å². The van der Waals surface area contributed by atoms with Crippen molar-refractivity contribution in [3.8, 4) is 0 Å². The van der Waals surface area contributed by atoms with Crippen molar-refractivity contribution in [3.05, 3.63) is 37.5 Å². The first kappa shape index (κ1) is 34.1. The molecule has 6 rings (SSSR count). The van der Waals surface area contributed by atoms with Gasteiger partial charge in [0.05, 0.1) is 25.9 Å². The van der Waals surface area contributed by atoms with Gasteiger partial charge in [-0.3, -0.25) is 9.13 Å². The minimum absolute atomic E-state index is 0.213. The number of ether oxygens (including phenoxy) is 2. The smallest absolute Gasteiger partial charge is 0.394 e. The highest BCUT2D eigenvalue weighted by atomic mass is 31.1. The summed E-state index contributed by atoms with van der Waals surface area (Å²) in [7, 11) is -6.27. The molecular formula is C24H28F2N10O10P2+2. The normalized spacial score (nSPS) is 28.1. The number of fused-ring (bicyclic) bond motifs is 2. The number of nitrogens with zero attached hydrogens (tertiary/aromatic N) is 8. The van der Waals surface area contributed by atoms with Gasteiger partial charge in [-0.2, -0.15) is 0 Å². The van der Waals surface area contributed by atoms with Crippen LogP contribution >= 0.6 is 16.5 Å². The Hall–Kier alpha value is -3.82. The Labute approximate surface area is 269 Å². The lowest BCUT2D eigenvalue weighted by Crippen LogP contribution is -2.32. The van der Waals surface area contributed by atoms with Crippen LogP contribution in [0.15, 0.2) is 37.5 Å². The van der Waals surface area contributed by atoms with Gasteiger partial charge in [-0.15, -0.1) is 18.8 Å². The molecule has 0 bridgehead atoms. The molecule has 0 radical (unpaired) electrons. The number of rotatable bonds is 14. The van der Waals surface area contributed by atoms with Crippen molar-refractivity contribution in [3.63, 3.8) is 0 Å². The molecule has 256 valence electrons. The molecule has 20 nitrogen and oxygen atoms in total. The Morgan fingerprint density at radius 3 is 1.54 bits per heavy atom. The quantitative estimate of drug-likeness (QED) is 0.0769. The van der Waals surface area contributed by atoms with Crippen LogP contribution in [0.4, 0.5) is 20.4 Å². The standard InChI is InChI=1S/C24H26F2N10O10P2/c25-13-17(45-47(39)40)11(5-37)43-23(13)35-9-33-15-19(29-7-31-21(15)35)27-3-1-2-4-28-20-16-22(32-8-30-20)36(10-34-16)24-14(26)18(46-48(41)42)12(6-38)44-24/h1-2,7-14,17-18,23-24,37-38H,3-6H2,(H2-2,27,28,29,30,31,32,39,40,41,42)/p+2/b2-1+/t11?,12?,13-,14-,17-,18-,23-,24-/m1/s1. The number of aliphatic hydroxyl groups is 2. The molecule has 0 aromatic carbocycles. The molecule has 4 aromatic rings. The van der Waals surface area contributed by atoms with Crippen LogP contribution in [0.1, 0.15) is 12.5 Å². The van der Waals surface area contributed by atoms with Crippen LogP contribution in [0, 0.1) is 0 Å². The fraction of sp³-hybridized carbons (Fsp3) is 0.500. The highest BCUT2D eigenvalue weighted by Crippen LogP contribution is 2.40. The van der Waals surface area contributed by atoms with E-state index in [-0.39, 0.29) is 24.4 Å². The van der Waals surface area contributed by atoms with E-state index in [9.17, 15) is 19.3 Å². The third-order valence-electron chi connectivity index (χ3n) is 7.52. The number of hydrogen-bond acceptors (Lipinski definition) is 16. The predicted molar refractivity (Wildman–Crippen MR) is 158 cm³/mol. The van der Waals surface area contributed by atoms with Crippen LogP contribution in [0.5, 0.6) is 0 Å². The molecule has 48 heavy (non-hydrogen) atoms. The Morgan fingerprint density at radius 1 is 0.750 bits per heavy atom. The second kappa shape index (κ2) is 14.7. The predicted octanol–water partition coefficient (Wildman–Crippen LogP) is 0.572. The summed E-state index contributed by atoms with van der Waals surface area (Å²) in [4.78, 5) is 43.4. The van der Waals surface area contributed by atoms with E-state index < -0.39 is 78.9 Å². The van der Waals surface area contributed by atoms with Crippen LogP contribution < -0.4 is 10.6 Å². The van der Waals surface area contributed by atoms with Gasteiger partial charge in [0.1, 0.15) is 24.9 Å². The molecular weight excluding hydrogens is 688 g/mol. The van der Waals surface area contributed by atoms with Crippen LogP contribution in [0.2, 0.25) is 0 Å².